The SMILES string of the molecule is CCC(C)Oc1cccc(-c2n[nH]c(C)c2CN)c1. The van der Waals surface area contributed by atoms with Gasteiger partial charge in [0.1, 0.15) is 5.75 Å². The van der Waals surface area contributed by atoms with Crippen LogP contribution >= 0.6 is 0 Å². The van der Waals surface area contributed by atoms with Gasteiger partial charge in [-0.15, -0.1) is 0 Å². The zero-order valence-corrected chi connectivity index (χ0v) is 11.7. The molecule has 0 spiro atoms. The van der Waals surface area contributed by atoms with Gasteiger partial charge in [0.25, 0.3) is 0 Å². The lowest BCUT2D eigenvalue weighted by Crippen LogP contribution is -2.09. The monoisotopic (exact) mass is 259 g/mol. The fourth-order valence-electron chi connectivity index (χ4n) is 1.97. The molecule has 0 fully saturated rings. The number of H-pyrrole nitrogens is 1. The smallest absolute Gasteiger partial charge is 0.120 e. The third kappa shape index (κ3) is 2.96. The molecule has 1 aromatic carbocycles. The van der Waals surface area contributed by atoms with Gasteiger partial charge in [-0.25, -0.2) is 0 Å². The van der Waals surface area contributed by atoms with Gasteiger partial charge in [0.05, 0.1) is 11.8 Å². The molecule has 0 aliphatic rings. The van der Waals surface area contributed by atoms with Crippen molar-refractivity contribution in [2.24, 2.45) is 5.73 Å². The Labute approximate surface area is 114 Å². The summed E-state index contributed by atoms with van der Waals surface area (Å²) in [6, 6.07) is 7.99. The van der Waals surface area contributed by atoms with Crippen LogP contribution in [0.1, 0.15) is 31.5 Å². The van der Waals surface area contributed by atoms with E-state index in [1.54, 1.807) is 0 Å². The van der Waals surface area contributed by atoms with E-state index in [-0.39, 0.29) is 6.10 Å². The Hall–Kier alpha value is -1.81. The van der Waals surface area contributed by atoms with Gasteiger partial charge in [-0.1, -0.05) is 19.1 Å². The molecule has 0 radical (unpaired) electrons. The Balaban J connectivity index is 2.32. The topological polar surface area (TPSA) is 63.9 Å². The highest BCUT2D eigenvalue weighted by Crippen LogP contribution is 2.27. The van der Waals surface area contributed by atoms with Gasteiger partial charge in [-0.05, 0) is 32.4 Å². The number of benzene rings is 1. The van der Waals surface area contributed by atoms with Crippen molar-refractivity contribution in [2.75, 3.05) is 0 Å². The van der Waals surface area contributed by atoms with Gasteiger partial charge in [0.2, 0.25) is 0 Å². The van der Waals surface area contributed by atoms with Crippen molar-refractivity contribution in [3.8, 4) is 17.0 Å². The Morgan fingerprint density at radius 2 is 2.21 bits per heavy atom. The Kier molecular flexibility index (Phi) is 4.22. The van der Waals surface area contributed by atoms with Gasteiger partial charge < -0.3 is 10.5 Å². The van der Waals surface area contributed by atoms with E-state index in [0.717, 1.165) is 34.7 Å². The maximum absolute atomic E-state index is 5.84. The molecule has 0 bridgehead atoms. The molecular formula is C15H21N3O. The van der Waals surface area contributed by atoms with Crippen LogP contribution in [0.15, 0.2) is 24.3 Å². The van der Waals surface area contributed by atoms with Crippen molar-refractivity contribution in [3.63, 3.8) is 0 Å². The van der Waals surface area contributed by atoms with Crippen molar-refractivity contribution in [1.29, 1.82) is 0 Å². The second-order valence-corrected chi connectivity index (χ2v) is 4.74. The van der Waals surface area contributed by atoms with E-state index in [1.165, 1.54) is 0 Å². The summed E-state index contributed by atoms with van der Waals surface area (Å²) in [7, 11) is 0. The Morgan fingerprint density at radius 1 is 1.42 bits per heavy atom. The van der Waals surface area contributed by atoms with Gasteiger partial charge in [-0.2, -0.15) is 5.10 Å². The number of aromatic amines is 1. The summed E-state index contributed by atoms with van der Waals surface area (Å²) in [5.41, 5.74) is 9.80. The molecule has 19 heavy (non-hydrogen) atoms. The molecule has 1 unspecified atom stereocenters. The van der Waals surface area contributed by atoms with Gasteiger partial charge in [0.15, 0.2) is 0 Å². The fraction of sp³-hybridized carbons (Fsp3) is 0.400. The van der Waals surface area contributed by atoms with Crippen LogP contribution in [-0.2, 0) is 6.54 Å². The molecule has 3 N–H and O–H groups in total. The number of rotatable bonds is 5. The first kappa shape index (κ1) is 13.6. The van der Waals surface area contributed by atoms with Gasteiger partial charge in [0, 0.05) is 23.4 Å². The third-order valence-electron chi connectivity index (χ3n) is 3.30. The number of nitrogens with one attached hydrogen (secondary N) is 1. The van der Waals surface area contributed by atoms with Crippen molar-refractivity contribution in [2.45, 2.75) is 39.8 Å². The van der Waals surface area contributed by atoms with Gasteiger partial charge in [-0.3, -0.25) is 5.10 Å². The van der Waals surface area contributed by atoms with Crippen LogP contribution in [0.5, 0.6) is 5.75 Å². The quantitative estimate of drug-likeness (QED) is 0.867. The van der Waals surface area contributed by atoms with E-state index in [0.29, 0.717) is 6.54 Å². The second kappa shape index (κ2) is 5.89. The molecule has 2 aromatic rings. The minimum atomic E-state index is 0.213. The minimum absolute atomic E-state index is 0.213. The summed E-state index contributed by atoms with van der Waals surface area (Å²) in [6.45, 7) is 6.64. The lowest BCUT2D eigenvalue weighted by Gasteiger charge is -2.13. The van der Waals surface area contributed by atoms with Crippen LogP contribution in [0, 0.1) is 6.92 Å². The van der Waals surface area contributed by atoms with E-state index >= 15 is 0 Å². The van der Waals surface area contributed by atoms with Crippen LogP contribution < -0.4 is 10.5 Å². The normalized spacial score (nSPS) is 12.4. The molecule has 4 nitrogen and oxygen atoms in total. The molecule has 0 amide bonds. The highest BCUT2D eigenvalue weighted by molar-refractivity contribution is 5.65. The molecule has 4 heteroatoms. The van der Waals surface area contributed by atoms with Crippen molar-refractivity contribution in [1.82, 2.24) is 10.2 Å². The van der Waals surface area contributed by atoms with E-state index < -0.39 is 0 Å². The highest BCUT2D eigenvalue weighted by atomic mass is 16.5. The van der Waals surface area contributed by atoms with Crippen LogP contribution in [0.4, 0.5) is 0 Å². The van der Waals surface area contributed by atoms with Crippen LogP contribution in [0.2, 0.25) is 0 Å². The van der Waals surface area contributed by atoms with Gasteiger partial charge >= 0.3 is 0 Å². The first-order chi connectivity index (χ1) is 9.15. The fourth-order valence-corrected chi connectivity index (χ4v) is 1.97. The number of aryl methyl sites for hydroxylation is 1. The minimum Gasteiger partial charge on any atom is -0.491 e. The van der Waals surface area contributed by atoms with Crippen molar-refractivity contribution >= 4 is 0 Å². The summed E-state index contributed by atoms with van der Waals surface area (Å²) in [5.74, 6) is 0.871. The van der Waals surface area contributed by atoms with Crippen LogP contribution in [0.25, 0.3) is 11.3 Å². The predicted octanol–water partition coefficient (Wildman–Crippen LogP) is 3.02. The zero-order chi connectivity index (χ0) is 13.8. The molecule has 0 saturated carbocycles. The molecule has 1 heterocycles. The number of hydrogen-bond acceptors (Lipinski definition) is 3. The third-order valence-corrected chi connectivity index (χ3v) is 3.30. The molecule has 0 aliphatic carbocycles. The number of aromatic nitrogens is 2. The average Bonchev–Trinajstić information content (AvgIpc) is 2.80. The number of nitrogens with two attached hydrogens (primary N) is 1. The summed E-state index contributed by atoms with van der Waals surface area (Å²) in [5, 5.41) is 7.32. The summed E-state index contributed by atoms with van der Waals surface area (Å²) in [6.07, 6.45) is 1.20. The number of ether oxygens (including phenoxy) is 1. The van der Waals surface area contributed by atoms with Crippen molar-refractivity contribution < 1.29 is 4.74 Å². The molecular weight excluding hydrogens is 238 g/mol. The molecule has 0 aliphatic heterocycles. The Bertz CT molecular complexity index is 548. The maximum atomic E-state index is 5.84. The standard InChI is InChI=1S/C15H21N3O/c1-4-10(2)19-13-7-5-6-12(8-13)15-14(9-16)11(3)17-18-15/h5-8,10H,4,9,16H2,1-3H3,(H,17,18). The number of nitrogens with zero attached hydrogens (tertiary/aromatic N) is 1. The number of hydrogen-bond donors (Lipinski definition) is 2. The lowest BCUT2D eigenvalue weighted by molar-refractivity contribution is 0.217. The van der Waals surface area contributed by atoms with Crippen molar-refractivity contribution in [3.05, 3.63) is 35.5 Å². The molecule has 2 rings (SSSR count). The Morgan fingerprint density at radius 3 is 2.89 bits per heavy atom. The predicted molar refractivity (Wildman–Crippen MR) is 77.0 cm³/mol. The molecule has 102 valence electrons. The maximum Gasteiger partial charge on any atom is 0.120 e. The van der Waals surface area contributed by atoms with E-state index in [9.17, 15) is 0 Å². The van der Waals surface area contributed by atoms with E-state index in [1.807, 2.05) is 31.2 Å². The second-order valence-electron chi connectivity index (χ2n) is 4.74. The van der Waals surface area contributed by atoms with E-state index in [4.69, 9.17) is 10.5 Å². The first-order valence-corrected chi connectivity index (χ1v) is 6.66. The summed E-state index contributed by atoms with van der Waals surface area (Å²) in [4.78, 5) is 0. The highest BCUT2D eigenvalue weighted by Gasteiger charge is 2.11. The molecule has 0 saturated heterocycles. The largest absolute Gasteiger partial charge is 0.491 e. The summed E-state index contributed by atoms with van der Waals surface area (Å²) >= 11 is 0. The molecule has 1 atom stereocenters. The van der Waals surface area contributed by atoms with Crippen LogP contribution in [0.3, 0.4) is 0 Å². The van der Waals surface area contributed by atoms with Crippen LogP contribution in [-0.4, -0.2) is 16.3 Å². The summed E-state index contributed by atoms with van der Waals surface area (Å²) < 4.78 is 5.84. The van der Waals surface area contributed by atoms with E-state index in [2.05, 4.69) is 24.0 Å². The zero-order valence-electron chi connectivity index (χ0n) is 11.7. The lowest BCUT2D eigenvalue weighted by atomic mass is 10.1. The average molecular weight is 259 g/mol. The first-order valence-electron chi connectivity index (χ1n) is 6.66. The molecule has 1 aromatic heterocycles.